The van der Waals surface area contributed by atoms with Gasteiger partial charge in [-0.25, -0.2) is 5.43 Å². The zero-order valence-electron chi connectivity index (χ0n) is 11.9. The summed E-state index contributed by atoms with van der Waals surface area (Å²) in [6, 6.07) is 15.2. The molecule has 0 atom stereocenters. The number of halogens is 1. The van der Waals surface area contributed by atoms with Gasteiger partial charge in [0.05, 0.1) is 6.21 Å². The molecule has 108 valence electrons. The number of hydrogen-bond donors (Lipinski definition) is 1. The largest absolute Gasteiger partial charge is 0.378 e. The molecular weight excluding hydrogens is 377 g/mol. The van der Waals surface area contributed by atoms with E-state index >= 15 is 0 Å². The van der Waals surface area contributed by atoms with E-state index in [1.54, 1.807) is 18.3 Å². The van der Waals surface area contributed by atoms with Crippen molar-refractivity contribution in [3.8, 4) is 0 Å². The van der Waals surface area contributed by atoms with Crippen molar-refractivity contribution in [1.29, 1.82) is 0 Å². The van der Waals surface area contributed by atoms with Crippen LogP contribution in [0.1, 0.15) is 15.9 Å². The van der Waals surface area contributed by atoms with E-state index in [0.29, 0.717) is 5.56 Å². The van der Waals surface area contributed by atoms with Gasteiger partial charge in [-0.15, -0.1) is 0 Å². The van der Waals surface area contributed by atoms with Crippen LogP contribution in [0.4, 0.5) is 5.69 Å². The minimum Gasteiger partial charge on any atom is -0.378 e. The topological polar surface area (TPSA) is 44.7 Å². The molecule has 0 radical (unpaired) electrons. The lowest BCUT2D eigenvalue weighted by molar-refractivity contribution is 0.0955. The molecule has 0 fully saturated rings. The van der Waals surface area contributed by atoms with E-state index in [1.807, 2.05) is 55.4 Å². The highest BCUT2D eigenvalue weighted by Crippen LogP contribution is 2.12. The Kier molecular flexibility index (Phi) is 5.32. The number of benzene rings is 2. The fraction of sp³-hybridized carbons (Fsp3) is 0.125. The van der Waals surface area contributed by atoms with Gasteiger partial charge in [0.15, 0.2) is 0 Å². The number of nitrogens with zero attached hydrogens (tertiary/aromatic N) is 2. The fourth-order valence-corrected chi connectivity index (χ4v) is 2.24. The van der Waals surface area contributed by atoms with Crippen LogP contribution in [0.3, 0.4) is 0 Å². The van der Waals surface area contributed by atoms with E-state index in [-0.39, 0.29) is 5.91 Å². The van der Waals surface area contributed by atoms with Gasteiger partial charge in [-0.3, -0.25) is 4.79 Å². The first-order valence-electron chi connectivity index (χ1n) is 6.43. The van der Waals surface area contributed by atoms with Gasteiger partial charge >= 0.3 is 0 Å². The predicted octanol–water partition coefficient (Wildman–Crippen LogP) is 3.12. The van der Waals surface area contributed by atoms with Gasteiger partial charge in [0.1, 0.15) is 0 Å². The summed E-state index contributed by atoms with van der Waals surface area (Å²) >= 11 is 2.23. The van der Waals surface area contributed by atoms with Crippen LogP contribution in [-0.4, -0.2) is 26.2 Å². The number of carbonyl (C=O) groups excluding carboxylic acids is 1. The lowest BCUT2D eigenvalue weighted by Gasteiger charge is -2.12. The van der Waals surface area contributed by atoms with Crippen molar-refractivity contribution in [2.45, 2.75) is 0 Å². The Hall–Kier alpha value is -1.89. The van der Waals surface area contributed by atoms with Crippen molar-refractivity contribution in [2.24, 2.45) is 5.10 Å². The van der Waals surface area contributed by atoms with E-state index in [4.69, 9.17) is 0 Å². The molecular formula is C16H16IN3O. The van der Waals surface area contributed by atoms with Gasteiger partial charge in [0.2, 0.25) is 0 Å². The molecule has 4 nitrogen and oxygen atoms in total. The first kappa shape index (κ1) is 15.5. The third-order valence-corrected chi connectivity index (χ3v) is 3.90. The Morgan fingerprint density at radius 1 is 1.14 bits per heavy atom. The van der Waals surface area contributed by atoms with Gasteiger partial charge in [-0.2, -0.15) is 5.10 Å². The summed E-state index contributed by atoms with van der Waals surface area (Å²) in [5.74, 6) is -0.220. The summed E-state index contributed by atoms with van der Waals surface area (Å²) < 4.78 is 1.09. The molecule has 0 aliphatic carbocycles. The second kappa shape index (κ2) is 7.21. The summed E-state index contributed by atoms with van der Waals surface area (Å²) in [4.78, 5) is 13.9. The molecule has 2 aromatic carbocycles. The number of carbonyl (C=O) groups is 1. The molecule has 21 heavy (non-hydrogen) atoms. The molecule has 0 bridgehead atoms. The van der Waals surface area contributed by atoms with Crippen LogP contribution >= 0.6 is 22.6 Å². The van der Waals surface area contributed by atoms with E-state index in [0.717, 1.165) is 14.8 Å². The molecule has 2 aromatic rings. The van der Waals surface area contributed by atoms with E-state index < -0.39 is 0 Å². The maximum atomic E-state index is 12.0. The van der Waals surface area contributed by atoms with Crippen LogP contribution in [0.15, 0.2) is 53.6 Å². The number of nitrogens with one attached hydrogen (secondary N) is 1. The maximum Gasteiger partial charge on any atom is 0.271 e. The average Bonchev–Trinajstić information content (AvgIpc) is 2.49. The third-order valence-electron chi connectivity index (χ3n) is 2.92. The molecule has 2 rings (SSSR count). The molecule has 1 N–H and O–H groups in total. The van der Waals surface area contributed by atoms with Crippen LogP contribution in [-0.2, 0) is 0 Å². The molecule has 1 amide bonds. The van der Waals surface area contributed by atoms with Crippen molar-refractivity contribution in [2.75, 3.05) is 19.0 Å². The molecule has 0 aliphatic heterocycles. The van der Waals surface area contributed by atoms with Gasteiger partial charge in [-0.05, 0) is 52.9 Å². The number of anilines is 1. The highest BCUT2D eigenvalue weighted by Gasteiger charge is 2.04. The van der Waals surface area contributed by atoms with Crippen molar-refractivity contribution in [3.05, 3.63) is 63.2 Å². The highest BCUT2D eigenvalue weighted by molar-refractivity contribution is 14.1. The van der Waals surface area contributed by atoms with E-state index in [1.165, 1.54) is 0 Å². The quantitative estimate of drug-likeness (QED) is 0.493. The van der Waals surface area contributed by atoms with Crippen LogP contribution in [0.5, 0.6) is 0 Å². The Morgan fingerprint density at radius 3 is 2.43 bits per heavy atom. The Bertz CT molecular complexity index is 651. The fourth-order valence-electron chi connectivity index (χ4n) is 1.72. The standard InChI is InChI=1S/C16H16IN3O/c1-20(2)14-9-7-12(8-10-14)16(21)19-18-11-13-5-3-4-6-15(13)17/h3-11H,1-2H3,(H,19,21)/b18-11+. The molecule has 0 heterocycles. The van der Waals surface area contributed by atoms with Crippen LogP contribution < -0.4 is 10.3 Å². The lowest BCUT2D eigenvalue weighted by Crippen LogP contribution is -2.18. The minimum atomic E-state index is -0.220. The van der Waals surface area contributed by atoms with Crippen molar-refractivity contribution in [1.82, 2.24) is 5.43 Å². The molecule has 0 spiro atoms. The Balaban J connectivity index is 2.00. The molecule has 5 heteroatoms. The predicted molar refractivity (Wildman–Crippen MR) is 95.0 cm³/mol. The first-order valence-corrected chi connectivity index (χ1v) is 7.51. The average molecular weight is 393 g/mol. The van der Waals surface area contributed by atoms with E-state index in [9.17, 15) is 4.79 Å². The lowest BCUT2D eigenvalue weighted by atomic mass is 10.2. The van der Waals surface area contributed by atoms with E-state index in [2.05, 4.69) is 33.1 Å². The molecule has 0 unspecified atom stereocenters. The van der Waals surface area contributed by atoms with Crippen molar-refractivity contribution in [3.63, 3.8) is 0 Å². The van der Waals surface area contributed by atoms with Gasteiger partial charge < -0.3 is 4.90 Å². The number of amides is 1. The van der Waals surface area contributed by atoms with Crippen LogP contribution in [0.25, 0.3) is 0 Å². The Morgan fingerprint density at radius 2 is 1.81 bits per heavy atom. The first-order chi connectivity index (χ1) is 10.1. The smallest absolute Gasteiger partial charge is 0.271 e. The van der Waals surface area contributed by atoms with Gasteiger partial charge in [0, 0.05) is 34.5 Å². The summed E-state index contributed by atoms with van der Waals surface area (Å²) in [5, 5.41) is 4.00. The zero-order valence-corrected chi connectivity index (χ0v) is 14.0. The number of hydrazone groups is 1. The van der Waals surface area contributed by atoms with Crippen LogP contribution in [0.2, 0.25) is 0 Å². The second-order valence-electron chi connectivity index (χ2n) is 4.66. The normalized spacial score (nSPS) is 10.6. The Labute approximate surface area is 138 Å². The highest BCUT2D eigenvalue weighted by atomic mass is 127. The second-order valence-corrected chi connectivity index (χ2v) is 5.82. The molecule has 0 saturated carbocycles. The maximum absolute atomic E-state index is 12.0. The SMILES string of the molecule is CN(C)c1ccc(C(=O)N/N=C/c2ccccc2I)cc1. The van der Waals surface area contributed by atoms with Gasteiger partial charge in [0.25, 0.3) is 5.91 Å². The summed E-state index contributed by atoms with van der Waals surface area (Å²) in [5.41, 5.74) is 5.14. The third kappa shape index (κ3) is 4.29. The summed E-state index contributed by atoms with van der Waals surface area (Å²) in [6.07, 6.45) is 1.65. The van der Waals surface area contributed by atoms with Crippen molar-refractivity contribution < 1.29 is 4.79 Å². The molecule has 0 saturated heterocycles. The monoisotopic (exact) mass is 393 g/mol. The summed E-state index contributed by atoms with van der Waals surface area (Å²) in [6.45, 7) is 0. The van der Waals surface area contributed by atoms with Gasteiger partial charge in [-0.1, -0.05) is 18.2 Å². The van der Waals surface area contributed by atoms with Crippen LogP contribution in [0, 0.1) is 3.57 Å². The summed E-state index contributed by atoms with van der Waals surface area (Å²) in [7, 11) is 3.92. The molecule has 0 aliphatic rings. The van der Waals surface area contributed by atoms with Crippen molar-refractivity contribution >= 4 is 40.4 Å². The molecule has 0 aromatic heterocycles. The zero-order chi connectivity index (χ0) is 15.2. The number of hydrogen-bond acceptors (Lipinski definition) is 3. The minimum absolute atomic E-state index is 0.220. The number of rotatable bonds is 4.